The second kappa shape index (κ2) is 5.85. The van der Waals surface area contributed by atoms with Gasteiger partial charge in [-0.15, -0.1) is 0 Å². The summed E-state index contributed by atoms with van der Waals surface area (Å²) >= 11 is 5.98. The molecular formula is C16H19ClO4. The van der Waals surface area contributed by atoms with Crippen LogP contribution in [0.2, 0.25) is 5.02 Å². The van der Waals surface area contributed by atoms with E-state index in [0.29, 0.717) is 28.7 Å². The fourth-order valence-electron chi connectivity index (χ4n) is 3.12. The van der Waals surface area contributed by atoms with Crippen LogP contribution < -0.4 is 9.47 Å². The van der Waals surface area contributed by atoms with Crippen LogP contribution in [-0.2, 0) is 4.74 Å². The Morgan fingerprint density at radius 1 is 1.43 bits per heavy atom. The van der Waals surface area contributed by atoms with Crippen molar-refractivity contribution in [1.29, 1.82) is 0 Å². The number of methoxy groups -OCH3 is 1. The lowest BCUT2D eigenvalue weighted by atomic mass is 9.74. The zero-order valence-corrected chi connectivity index (χ0v) is 12.8. The molecule has 1 atom stereocenters. The monoisotopic (exact) mass is 310 g/mol. The smallest absolute Gasteiger partial charge is 0.172 e. The average Bonchev–Trinajstić information content (AvgIpc) is 2.47. The Morgan fingerprint density at radius 3 is 2.86 bits per heavy atom. The first-order valence-electron chi connectivity index (χ1n) is 7.29. The molecule has 5 heteroatoms. The lowest BCUT2D eigenvalue weighted by molar-refractivity contribution is -0.153. The van der Waals surface area contributed by atoms with Crippen LogP contribution in [0.5, 0.6) is 11.5 Å². The third-order valence-electron chi connectivity index (χ3n) is 4.39. The average molecular weight is 311 g/mol. The first-order valence-corrected chi connectivity index (χ1v) is 7.67. The molecule has 1 aliphatic carbocycles. The van der Waals surface area contributed by atoms with Crippen LogP contribution in [0.25, 0.3) is 0 Å². The van der Waals surface area contributed by atoms with Crippen LogP contribution in [-0.4, -0.2) is 31.7 Å². The van der Waals surface area contributed by atoms with Gasteiger partial charge in [-0.2, -0.15) is 0 Å². The topological polar surface area (TPSA) is 44.8 Å². The number of hydrogen-bond donors (Lipinski definition) is 0. The maximum atomic E-state index is 11.3. The number of hydrogen-bond acceptors (Lipinski definition) is 4. The van der Waals surface area contributed by atoms with E-state index in [2.05, 4.69) is 0 Å². The zero-order valence-electron chi connectivity index (χ0n) is 12.1. The van der Waals surface area contributed by atoms with Gasteiger partial charge < -0.3 is 14.2 Å². The van der Waals surface area contributed by atoms with Crippen LogP contribution in [0.3, 0.4) is 0 Å². The molecule has 1 spiro atoms. The number of halogens is 1. The summed E-state index contributed by atoms with van der Waals surface area (Å²) in [5.41, 5.74) is 0.428. The highest BCUT2D eigenvalue weighted by atomic mass is 35.5. The highest BCUT2D eigenvalue weighted by molar-refractivity contribution is 6.31. The van der Waals surface area contributed by atoms with Crippen molar-refractivity contribution in [1.82, 2.24) is 0 Å². The van der Waals surface area contributed by atoms with Gasteiger partial charge >= 0.3 is 0 Å². The number of benzene rings is 1. The van der Waals surface area contributed by atoms with E-state index in [-0.39, 0.29) is 11.7 Å². The summed E-state index contributed by atoms with van der Waals surface area (Å²) in [5, 5.41) is 0.462. The lowest BCUT2D eigenvalue weighted by Gasteiger charge is -2.47. The van der Waals surface area contributed by atoms with Crippen molar-refractivity contribution in [2.45, 2.75) is 43.8 Å². The second-order valence-electron chi connectivity index (χ2n) is 5.76. The fraction of sp³-hybridized carbons (Fsp3) is 0.562. The number of carbonyl (C=O) groups excluding carboxylic acids is 1. The maximum absolute atomic E-state index is 11.3. The molecule has 1 aromatic carbocycles. The Balaban J connectivity index is 1.82. The van der Waals surface area contributed by atoms with E-state index in [4.69, 9.17) is 25.8 Å². The Morgan fingerprint density at radius 2 is 2.24 bits per heavy atom. The van der Waals surface area contributed by atoms with Gasteiger partial charge in [-0.05, 0) is 25.3 Å². The molecule has 2 aliphatic rings. The Labute approximate surface area is 129 Å². The molecule has 1 aliphatic heterocycles. The highest BCUT2D eigenvalue weighted by Crippen LogP contribution is 2.44. The van der Waals surface area contributed by atoms with Gasteiger partial charge in [0.25, 0.3) is 0 Å². The lowest BCUT2D eigenvalue weighted by Crippen LogP contribution is -2.48. The van der Waals surface area contributed by atoms with Crippen LogP contribution in [0.4, 0.5) is 0 Å². The van der Waals surface area contributed by atoms with E-state index in [9.17, 15) is 4.79 Å². The summed E-state index contributed by atoms with van der Waals surface area (Å²) in [7, 11) is 1.55. The minimum absolute atomic E-state index is 0.00389. The Bertz CT molecular complexity index is 539. The van der Waals surface area contributed by atoms with E-state index < -0.39 is 0 Å². The van der Waals surface area contributed by atoms with E-state index in [1.807, 2.05) is 0 Å². The molecule has 0 bridgehead atoms. The minimum atomic E-state index is 0.00389. The molecule has 1 heterocycles. The van der Waals surface area contributed by atoms with Crippen molar-refractivity contribution >= 4 is 17.9 Å². The maximum Gasteiger partial charge on any atom is 0.172 e. The highest BCUT2D eigenvalue weighted by Gasteiger charge is 2.43. The molecule has 3 rings (SSSR count). The van der Waals surface area contributed by atoms with Crippen molar-refractivity contribution in [2.24, 2.45) is 0 Å². The summed E-state index contributed by atoms with van der Waals surface area (Å²) in [6.07, 6.45) is 5.92. The number of aldehydes is 1. The second-order valence-corrected chi connectivity index (χ2v) is 6.20. The summed E-state index contributed by atoms with van der Waals surface area (Å²) < 4.78 is 17.3. The molecule has 1 aromatic rings. The molecule has 2 fully saturated rings. The molecule has 0 N–H and O–H groups in total. The molecule has 1 saturated heterocycles. The minimum Gasteiger partial charge on any atom is -0.493 e. The van der Waals surface area contributed by atoms with Gasteiger partial charge in [0.15, 0.2) is 17.8 Å². The van der Waals surface area contributed by atoms with Gasteiger partial charge in [0, 0.05) is 23.9 Å². The van der Waals surface area contributed by atoms with Gasteiger partial charge in [0.2, 0.25) is 0 Å². The summed E-state index contributed by atoms with van der Waals surface area (Å²) in [5.74, 6) is 0.983. The van der Waals surface area contributed by atoms with Crippen molar-refractivity contribution in [3.05, 3.63) is 22.7 Å². The molecule has 0 aromatic heterocycles. The Kier molecular flexibility index (Phi) is 4.09. The van der Waals surface area contributed by atoms with Crippen LogP contribution >= 0.6 is 11.6 Å². The Hall–Kier alpha value is -1.26. The number of rotatable bonds is 4. The summed E-state index contributed by atoms with van der Waals surface area (Å²) in [6.45, 7) is 0.705. The predicted molar refractivity (Wildman–Crippen MR) is 79.6 cm³/mol. The standard InChI is InChI=1S/C16H19ClO4/c1-19-14-8-12(17)7-11(10-18)15(14)21-13-3-6-20-16(9-13)4-2-5-16/h7-8,10,13H,2-6,9H2,1H3. The van der Waals surface area contributed by atoms with Gasteiger partial charge in [0.05, 0.1) is 24.9 Å². The quantitative estimate of drug-likeness (QED) is 0.796. The van der Waals surface area contributed by atoms with Crippen molar-refractivity contribution in [3.8, 4) is 11.5 Å². The van der Waals surface area contributed by atoms with Gasteiger partial charge in [-0.25, -0.2) is 0 Å². The zero-order chi connectivity index (χ0) is 14.9. The number of ether oxygens (including phenoxy) is 3. The molecule has 0 radical (unpaired) electrons. The number of carbonyl (C=O) groups is 1. The molecule has 114 valence electrons. The van der Waals surface area contributed by atoms with Crippen molar-refractivity contribution < 1.29 is 19.0 Å². The largest absolute Gasteiger partial charge is 0.493 e. The van der Waals surface area contributed by atoms with E-state index in [1.54, 1.807) is 19.2 Å². The van der Waals surface area contributed by atoms with Crippen molar-refractivity contribution in [2.75, 3.05) is 13.7 Å². The fourth-order valence-corrected chi connectivity index (χ4v) is 3.34. The van der Waals surface area contributed by atoms with E-state index in [1.165, 1.54) is 6.42 Å². The summed E-state index contributed by atoms with van der Waals surface area (Å²) in [6, 6.07) is 3.27. The third kappa shape index (κ3) is 2.87. The van der Waals surface area contributed by atoms with Crippen LogP contribution in [0, 0.1) is 0 Å². The molecule has 1 saturated carbocycles. The van der Waals surface area contributed by atoms with Gasteiger partial charge in [-0.3, -0.25) is 4.79 Å². The van der Waals surface area contributed by atoms with Crippen LogP contribution in [0.1, 0.15) is 42.5 Å². The van der Waals surface area contributed by atoms with E-state index >= 15 is 0 Å². The molecular weight excluding hydrogens is 292 g/mol. The first kappa shape index (κ1) is 14.7. The van der Waals surface area contributed by atoms with E-state index in [0.717, 1.165) is 32.0 Å². The summed E-state index contributed by atoms with van der Waals surface area (Å²) in [4.78, 5) is 11.3. The van der Waals surface area contributed by atoms with Gasteiger partial charge in [-0.1, -0.05) is 11.6 Å². The molecule has 1 unspecified atom stereocenters. The SMILES string of the molecule is COc1cc(Cl)cc(C=O)c1OC1CCOC2(CCC2)C1. The van der Waals surface area contributed by atoms with Crippen molar-refractivity contribution in [3.63, 3.8) is 0 Å². The van der Waals surface area contributed by atoms with Crippen LogP contribution in [0.15, 0.2) is 12.1 Å². The van der Waals surface area contributed by atoms with Gasteiger partial charge in [0.1, 0.15) is 6.10 Å². The molecule has 21 heavy (non-hydrogen) atoms. The molecule has 0 amide bonds. The normalized spacial score (nSPS) is 23.4. The first-order chi connectivity index (χ1) is 10.2. The third-order valence-corrected chi connectivity index (χ3v) is 4.61. The molecule has 4 nitrogen and oxygen atoms in total. The predicted octanol–water partition coefficient (Wildman–Crippen LogP) is 3.64.